The highest BCUT2D eigenvalue weighted by Crippen LogP contribution is 2.30. The number of hydrogen-bond donors (Lipinski definition) is 1. The molecule has 0 spiro atoms. The topological polar surface area (TPSA) is 41.9 Å². The fraction of sp³-hybridized carbons (Fsp3) is 0.571. The summed E-state index contributed by atoms with van der Waals surface area (Å²) >= 11 is 0. The van der Waals surface area contributed by atoms with Crippen molar-refractivity contribution in [1.29, 1.82) is 0 Å². The fourth-order valence-corrected chi connectivity index (χ4v) is 1.83. The zero-order valence-electron chi connectivity index (χ0n) is 11.5. The molecule has 0 amide bonds. The first-order valence-corrected chi connectivity index (χ1v) is 6.38. The molecule has 0 radical (unpaired) electrons. The molecule has 18 heavy (non-hydrogen) atoms. The highest BCUT2D eigenvalue weighted by molar-refractivity contribution is 5.46. The maximum absolute atomic E-state index is 9.29. The van der Waals surface area contributed by atoms with Crippen molar-refractivity contribution in [3.05, 3.63) is 23.8 Å². The second-order valence-electron chi connectivity index (χ2n) is 3.98. The van der Waals surface area contributed by atoms with Crippen LogP contribution in [0.2, 0.25) is 0 Å². The Bertz CT molecular complexity index is 329. The third kappa shape index (κ3) is 3.89. The van der Waals surface area contributed by atoms with Crippen molar-refractivity contribution in [1.82, 2.24) is 4.90 Å². The number of ether oxygens (including phenoxy) is 2. The van der Waals surface area contributed by atoms with Crippen LogP contribution in [0, 0.1) is 0 Å². The molecule has 0 heterocycles. The van der Waals surface area contributed by atoms with E-state index in [0.29, 0.717) is 18.1 Å². The molecule has 102 valence electrons. The van der Waals surface area contributed by atoms with E-state index in [9.17, 15) is 5.11 Å². The minimum atomic E-state index is -0.0438. The molecular formula is C14H23NO3. The van der Waals surface area contributed by atoms with Gasteiger partial charge in [-0.1, -0.05) is 26.0 Å². The van der Waals surface area contributed by atoms with Crippen LogP contribution in [0.25, 0.3) is 0 Å². The molecule has 0 saturated carbocycles. The third-order valence-electron chi connectivity index (χ3n) is 3.00. The van der Waals surface area contributed by atoms with Gasteiger partial charge in [0.2, 0.25) is 0 Å². The number of hydrogen-bond acceptors (Lipinski definition) is 4. The van der Waals surface area contributed by atoms with Gasteiger partial charge in [-0.25, -0.2) is 0 Å². The molecule has 0 atom stereocenters. The summed E-state index contributed by atoms with van der Waals surface area (Å²) in [4.78, 5) is 2.29. The average Bonchev–Trinajstić information content (AvgIpc) is 2.43. The van der Waals surface area contributed by atoms with Gasteiger partial charge in [0.15, 0.2) is 11.5 Å². The van der Waals surface area contributed by atoms with E-state index in [0.717, 1.165) is 25.2 Å². The molecule has 0 aliphatic heterocycles. The predicted octanol–water partition coefficient (Wildman–Crippen LogP) is 1.91. The summed E-state index contributed by atoms with van der Waals surface area (Å²) < 4.78 is 11.0. The molecule has 1 aromatic carbocycles. The quantitative estimate of drug-likeness (QED) is 0.768. The zero-order chi connectivity index (χ0) is 13.4. The maximum atomic E-state index is 9.29. The van der Waals surface area contributed by atoms with Crippen molar-refractivity contribution in [2.75, 3.05) is 33.4 Å². The van der Waals surface area contributed by atoms with Crippen molar-refractivity contribution in [3.63, 3.8) is 0 Å². The summed E-state index contributed by atoms with van der Waals surface area (Å²) in [7, 11) is 1.60. The summed E-state index contributed by atoms with van der Waals surface area (Å²) in [6.45, 7) is 7.71. The standard InChI is InChI=1S/C14H23NO3/c1-4-15(5-2)9-10-18-14-12(11-16)7-6-8-13(14)17-3/h6-8,16H,4-5,9-11H2,1-3H3. The number of aliphatic hydroxyl groups is 1. The van der Waals surface area contributed by atoms with E-state index in [1.807, 2.05) is 18.2 Å². The summed E-state index contributed by atoms with van der Waals surface area (Å²) in [5.74, 6) is 1.32. The van der Waals surface area contributed by atoms with Crippen LogP contribution >= 0.6 is 0 Å². The van der Waals surface area contributed by atoms with Crippen LogP contribution in [0.3, 0.4) is 0 Å². The lowest BCUT2D eigenvalue weighted by molar-refractivity contribution is 0.209. The van der Waals surface area contributed by atoms with E-state index >= 15 is 0 Å². The Kier molecular flexibility index (Phi) is 6.54. The lowest BCUT2D eigenvalue weighted by Gasteiger charge is -2.19. The highest BCUT2D eigenvalue weighted by Gasteiger charge is 2.10. The van der Waals surface area contributed by atoms with Gasteiger partial charge in [-0.2, -0.15) is 0 Å². The Hall–Kier alpha value is -1.26. The molecular weight excluding hydrogens is 230 g/mol. The van der Waals surface area contributed by atoms with E-state index in [2.05, 4.69) is 18.7 Å². The van der Waals surface area contributed by atoms with Crippen molar-refractivity contribution < 1.29 is 14.6 Å². The van der Waals surface area contributed by atoms with E-state index in [1.165, 1.54) is 0 Å². The van der Waals surface area contributed by atoms with Gasteiger partial charge < -0.3 is 19.5 Å². The fourth-order valence-electron chi connectivity index (χ4n) is 1.83. The molecule has 1 rings (SSSR count). The Morgan fingerprint density at radius 3 is 2.50 bits per heavy atom. The smallest absolute Gasteiger partial charge is 0.166 e. The van der Waals surface area contributed by atoms with Gasteiger partial charge in [0.05, 0.1) is 13.7 Å². The first-order valence-electron chi connectivity index (χ1n) is 6.38. The van der Waals surface area contributed by atoms with Crippen LogP contribution < -0.4 is 9.47 Å². The molecule has 0 fully saturated rings. The number of rotatable bonds is 8. The monoisotopic (exact) mass is 253 g/mol. The van der Waals surface area contributed by atoms with E-state index in [-0.39, 0.29) is 6.61 Å². The maximum Gasteiger partial charge on any atom is 0.166 e. The molecule has 1 aromatic rings. The number of benzene rings is 1. The first-order chi connectivity index (χ1) is 8.76. The van der Waals surface area contributed by atoms with Crippen LogP contribution in [0.4, 0.5) is 0 Å². The van der Waals surface area contributed by atoms with Gasteiger partial charge >= 0.3 is 0 Å². The molecule has 4 heteroatoms. The Morgan fingerprint density at radius 1 is 1.22 bits per heavy atom. The van der Waals surface area contributed by atoms with Crippen molar-refractivity contribution in [2.24, 2.45) is 0 Å². The van der Waals surface area contributed by atoms with Gasteiger partial charge in [0.25, 0.3) is 0 Å². The Balaban J connectivity index is 2.65. The van der Waals surface area contributed by atoms with Gasteiger partial charge in [0, 0.05) is 12.1 Å². The van der Waals surface area contributed by atoms with Crippen molar-refractivity contribution in [3.8, 4) is 11.5 Å². The Labute approximate surface area is 109 Å². The average molecular weight is 253 g/mol. The predicted molar refractivity (Wildman–Crippen MR) is 72.2 cm³/mol. The molecule has 0 aromatic heterocycles. The summed E-state index contributed by atoms with van der Waals surface area (Å²) in [5.41, 5.74) is 0.758. The number of nitrogens with zero attached hydrogens (tertiary/aromatic N) is 1. The van der Waals surface area contributed by atoms with Crippen molar-refractivity contribution >= 4 is 0 Å². The van der Waals surface area contributed by atoms with Crippen LogP contribution in [0.15, 0.2) is 18.2 Å². The number of aliphatic hydroxyl groups excluding tert-OH is 1. The van der Waals surface area contributed by atoms with Crippen LogP contribution in [0.5, 0.6) is 11.5 Å². The molecule has 0 unspecified atom stereocenters. The van der Waals surface area contributed by atoms with E-state index in [1.54, 1.807) is 7.11 Å². The second kappa shape index (κ2) is 7.95. The molecule has 0 bridgehead atoms. The highest BCUT2D eigenvalue weighted by atomic mass is 16.5. The first kappa shape index (κ1) is 14.8. The molecule has 0 saturated heterocycles. The second-order valence-corrected chi connectivity index (χ2v) is 3.98. The minimum Gasteiger partial charge on any atom is -0.493 e. The molecule has 0 aliphatic carbocycles. The Morgan fingerprint density at radius 2 is 1.94 bits per heavy atom. The van der Waals surface area contributed by atoms with Crippen LogP contribution in [0.1, 0.15) is 19.4 Å². The van der Waals surface area contributed by atoms with E-state index in [4.69, 9.17) is 9.47 Å². The van der Waals surface area contributed by atoms with Gasteiger partial charge in [0.1, 0.15) is 6.61 Å². The SMILES string of the molecule is CCN(CC)CCOc1c(CO)cccc1OC. The van der Waals surface area contributed by atoms with Crippen LogP contribution in [-0.2, 0) is 6.61 Å². The normalized spacial score (nSPS) is 10.7. The summed E-state index contributed by atoms with van der Waals surface area (Å²) in [6, 6.07) is 5.53. The van der Waals surface area contributed by atoms with Gasteiger partial charge in [-0.15, -0.1) is 0 Å². The molecule has 4 nitrogen and oxygen atoms in total. The third-order valence-corrected chi connectivity index (χ3v) is 3.00. The summed E-state index contributed by atoms with van der Waals surface area (Å²) in [6.07, 6.45) is 0. The lowest BCUT2D eigenvalue weighted by atomic mass is 10.2. The lowest BCUT2D eigenvalue weighted by Crippen LogP contribution is -2.28. The summed E-state index contributed by atoms with van der Waals surface area (Å²) in [5, 5.41) is 9.29. The molecule has 1 N–H and O–H groups in total. The number of methoxy groups -OCH3 is 1. The van der Waals surface area contributed by atoms with Crippen LogP contribution in [-0.4, -0.2) is 43.4 Å². The minimum absolute atomic E-state index is 0.0438. The number of para-hydroxylation sites is 1. The van der Waals surface area contributed by atoms with E-state index < -0.39 is 0 Å². The largest absolute Gasteiger partial charge is 0.493 e. The van der Waals surface area contributed by atoms with Gasteiger partial charge in [-0.05, 0) is 19.2 Å². The van der Waals surface area contributed by atoms with Crippen molar-refractivity contribution in [2.45, 2.75) is 20.5 Å². The van der Waals surface area contributed by atoms with Gasteiger partial charge in [-0.3, -0.25) is 0 Å². The number of likely N-dealkylation sites (N-methyl/N-ethyl adjacent to an activating group) is 1. The molecule has 0 aliphatic rings. The zero-order valence-corrected chi connectivity index (χ0v) is 11.5.